The van der Waals surface area contributed by atoms with Crippen LogP contribution in [0.25, 0.3) is 0 Å². The normalized spacial score (nSPS) is 10.5. The lowest BCUT2D eigenvalue weighted by molar-refractivity contribution is 0.0508. The molecule has 0 spiro atoms. The van der Waals surface area contributed by atoms with Crippen molar-refractivity contribution in [2.75, 3.05) is 6.61 Å². The van der Waals surface area contributed by atoms with Crippen LogP contribution in [0.1, 0.15) is 62.7 Å². The van der Waals surface area contributed by atoms with Crippen LogP contribution < -0.4 is 0 Å². The minimum Gasteiger partial charge on any atom is -0.461 e. The van der Waals surface area contributed by atoms with Gasteiger partial charge in [0.25, 0.3) is 5.91 Å². The first-order valence-electron chi connectivity index (χ1n) is 7.95. The molecule has 0 saturated heterocycles. The third-order valence-corrected chi connectivity index (χ3v) is 3.94. The molecule has 1 aromatic carbocycles. The molecule has 0 unspecified atom stereocenters. The molecule has 1 heterocycles. The zero-order chi connectivity index (χ0) is 17.9. The first kappa shape index (κ1) is 17.7. The Labute approximate surface area is 141 Å². The maximum Gasteiger partial charge on any atom is 0.355 e. The highest BCUT2D eigenvalue weighted by Gasteiger charge is 2.29. The number of hydrogen-bond donors (Lipinski definition) is 0. The van der Waals surface area contributed by atoms with E-state index in [9.17, 15) is 14.4 Å². The number of carbonyl (C=O) groups excluding carboxylic acids is 3. The summed E-state index contributed by atoms with van der Waals surface area (Å²) in [6.45, 7) is 7.00. The summed E-state index contributed by atoms with van der Waals surface area (Å²) in [6, 6.07) is 8.66. The molecule has 0 aliphatic heterocycles. The summed E-state index contributed by atoms with van der Waals surface area (Å²) in [7, 11) is 0. The Morgan fingerprint density at radius 3 is 2.21 bits per heavy atom. The van der Waals surface area contributed by atoms with E-state index < -0.39 is 5.97 Å². The number of nitrogens with zero attached hydrogens (tertiary/aromatic N) is 1. The van der Waals surface area contributed by atoms with Crippen molar-refractivity contribution in [1.82, 2.24) is 4.57 Å². The second-order valence-corrected chi connectivity index (χ2v) is 5.44. The molecule has 24 heavy (non-hydrogen) atoms. The van der Waals surface area contributed by atoms with E-state index in [0.717, 1.165) is 0 Å². The predicted molar refractivity (Wildman–Crippen MR) is 90.7 cm³/mol. The first-order chi connectivity index (χ1) is 11.4. The van der Waals surface area contributed by atoms with Crippen molar-refractivity contribution in [2.45, 2.75) is 34.1 Å². The van der Waals surface area contributed by atoms with Crippen LogP contribution in [0.3, 0.4) is 0 Å². The maximum absolute atomic E-state index is 12.9. The SMILES string of the molecule is CCOC(=O)c1c(C)c(C(=O)CC)c(C)n1C(=O)c1ccccc1. The molecule has 5 heteroatoms. The number of carbonyl (C=O) groups is 3. The van der Waals surface area contributed by atoms with Gasteiger partial charge in [-0.15, -0.1) is 0 Å². The Morgan fingerprint density at radius 1 is 1.04 bits per heavy atom. The standard InChI is InChI=1S/C19H21NO4/c1-5-15(21)16-12(3)17(19(23)24-6-2)20(13(16)4)18(22)14-10-8-7-9-11-14/h7-11H,5-6H2,1-4H3. The van der Waals surface area contributed by atoms with E-state index in [1.807, 2.05) is 6.07 Å². The van der Waals surface area contributed by atoms with Gasteiger partial charge in [0.05, 0.1) is 6.61 Å². The molecule has 5 nitrogen and oxygen atoms in total. The van der Waals surface area contributed by atoms with Gasteiger partial charge in [-0.05, 0) is 38.5 Å². The first-order valence-corrected chi connectivity index (χ1v) is 7.95. The Balaban J connectivity index is 2.71. The van der Waals surface area contributed by atoms with E-state index in [4.69, 9.17) is 4.74 Å². The zero-order valence-electron chi connectivity index (χ0n) is 14.4. The fourth-order valence-electron chi connectivity index (χ4n) is 2.83. The molecule has 0 radical (unpaired) electrons. The molecule has 0 aliphatic carbocycles. The number of rotatable bonds is 5. The van der Waals surface area contributed by atoms with Crippen LogP contribution in [0.5, 0.6) is 0 Å². The molecule has 0 fully saturated rings. The fourth-order valence-corrected chi connectivity index (χ4v) is 2.83. The molecule has 0 amide bonds. The Hall–Kier alpha value is -2.69. The highest BCUT2D eigenvalue weighted by atomic mass is 16.5. The van der Waals surface area contributed by atoms with E-state index in [-0.39, 0.29) is 24.0 Å². The molecule has 0 bridgehead atoms. The average molecular weight is 327 g/mol. The van der Waals surface area contributed by atoms with E-state index in [0.29, 0.717) is 28.8 Å². The summed E-state index contributed by atoms with van der Waals surface area (Å²) in [6.07, 6.45) is 0.299. The van der Waals surface area contributed by atoms with Crippen molar-refractivity contribution in [3.05, 3.63) is 58.4 Å². The third kappa shape index (κ3) is 3.02. The molecular weight excluding hydrogens is 306 g/mol. The lowest BCUT2D eigenvalue weighted by atomic mass is 10.0. The van der Waals surface area contributed by atoms with Crippen molar-refractivity contribution in [3.63, 3.8) is 0 Å². The van der Waals surface area contributed by atoms with Crippen LogP contribution in [0.15, 0.2) is 30.3 Å². The molecule has 0 aliphatic rings. The van der Waals surface area contributed by atoms with Gasteiger partial charge in [-0.25, -0.2) is 4.79 Å². The summed E-state index contributed by atoms with van der Waals surface area (Å²) in [5, 5.41) is 0. The van der Waals surface area contributed by atoms with Crippen LogP contribution >= 0.6 is 0 Å². The lowest BCUT2D eigenvalue weighted by Crippen LogP contribution is -2.21. The number of ether oxygens (including phenoxy) is 1. The van der Waals surface area contributed by atoms with E-state index in [1.54, 1.807) is 52.0 Å². The Bertz CT molecular complexity index is 787. The van der Waals surface area contributed by atoms with Crippen molar-refractivity contribution in [3.8, 4) is 0 Å². The molecule has 126 valence electrons. The van der Waals surface area contributed by atoms with Gasteiger partial charge >= 0.3 is 5.97 Å². The van der Waals surface area contributed by atoms with Crippen molar-refractivity contribution >= 4 is 17.7 Å². The van der Waals surface area contributed by atoms with Gasteiger partial charge in [0.15, 0.2) is 5.78 Å². The second kappa shape index (κ2) is 7.25. The summed E-state index contributed by atoms with van der Waals surface area (Å²) >= 11 is 0. The van der Waals surface area contributed by atoms with E-state index in [2.05, 4.69) is 0 Å². The molecule has 0 saturated carbocycles. The average Bonchev–Trinajstić information content (AvgIpc) is 2.85. The van der Waals surface area contributed by atoms with Crippen LogP contribution in [0, 0.1) is 13.8 Å². The van der Waals surface area contributed by atoms with Gasteiger partial charge in [-0.3, -0.25) is 14.2 Å². The van der Waals surface area contributed by atoms with Gasteiger partial charge in [-0.2, -0.15) is 0 Å². The van der Waals surface area contributed by atoms with Crippen molar-refractivity contribution < 1.29 is 19.1 Å². The minimum atomic E-state index is -0.600. The van der Waals surface area contributed by atoms with E-state index >= 15 is 0 Å². The van der Waals surface area contributed by atoms with Crippen LogP contribution in [0.2, 0.25) is 0 Å². The van der Waals surface area contributed by atoms with Crippen LogP contribution in [-0.2, 0) is 4.74 Å². The number of Topliss-reactive ketones (excluding diaryl/α,β-unsaturated/α-hetero) is 1. The lowest BCUT2D eigenvalue weighted by Gasteiger charge is -2.10. The summed E-state index contributed by atoms with van der Waals surface area (Å²) in [5.74, 6) is -1.05. The molecule has 0 N–H and O–H groups in total. The Kier molecular flexibility index (Phi) is 5.34. The summed E-state index contributed by atoms with van der Waals surface area (Å²) in [4.78, 5) is 37.6. The van der Waals surface area contributed by atoms with Gasteiger partial charge < -0.3 is 4.74 Å². The molecule has 2 aromatic rings. The van der Waals surface area contributed by atoms with Crippen molar-refractivity contribution in [2.24, 2.45) is 0 Å². The van der Waals surface area contributed by atoms with Gasteiger partial charge in [0.1, 0.15) is 5.69 Å². The zero-order valence-corrected chi connectivity index (χ0v) is 14.4. The fraction of sp³-hybridized carbons (Fsp3) is 0.316. The minimum absolute atomic E-state index is 0.102. The van der Waals surface area contributed by atoms with Gasteiger partial charge in [0, 0.05) is 23.2 Å². The maximum atomic E-state index is 12.9. The molecule has 2 rings (SSSR count). The second-order valence-electron chi connectivity index (χ2n) is 5.44. The highest BCUT2D eigenvalue weighted by Crippen LogP contribution is 2.25. The smallest absolute Gasteiger partial charge is 0.355 e. The summed E-state index contributed by atoms with van der Waals surface area (Å²) in [5.41, 5.74) is 1.94. The van der Waals surface area contributed by atoms with Gasteiger partial charge in [0.2, 0.25) is 0 Å². The van der Waals surface area contributed by atoms with Crippen LogP contribution in [-0.4, -0.2) is 28.8 Å². The highest BCUT2D eigenvalue weighted by molar-refractivity contribution is 6.08. The summed E-state index contributed by atoms with van der Waals surface area (Å²) < 4.78 is 6.39. The van der Waals surface area contributed by atoms with Crippen LogP contribution in [0.4, 0.5) is 0 Å². The number of ketones is 1. The van der Waals surface area contributed by atoms with E-state index in [1.165, 1.54) is 4.57 Å². The monoisotopic (exact) mass is 327 g/mol. The Morgan fingerprint density at radius 2 is 1.67 bits per heavy atom. The molecular formula is C19H21NO4. The topological polar surface area (TPSA) is 65.4 Å². The number of hydrogen-bond acceptors (Lipinski definition) is 4. The third-order valence-electron chi connectivity index (χ3n) is 3.94. The predicted octanol–water partition coefficient (Wildman–Crippen LogP) is 3.56. The molecule has 1 aromatic heterocycles. The largest absolute Gasteiger partial charge is 0.461 e. The van der Waals surface area contributed by atoms with Crippen molar-refractivity contribution in [1.29, 1.82) is 0 Å². The number of aromatic nitrogens is 1. The number of esters is 1. The van der Waals surface area contributed by atoms with Gasteiger partial charge in [-0.1, -0.05) is 25.1 Å². The molecule has 0 atom stereocenters. The quantitative estimate of drug-likeness (QED) is 0.622. The number of benzene rings is 1.